The van der Waals surface area contributed by atoms with Crippen molar-refractivity contribution in [1.29, 1.82) is 0 Å². The quantitative estimate of drug-likeness (QED) is 0.530. The summed E-state index contributed by atoms with van der Waals surface area (Å²) in [5, 5.41) is 14.0. The number of carbonyl (C=O) groups excluding carboxylic acids is 3. The average Bonchev–Trinajstić information content (AvgIpc) is 3.11. The summed E-state index contributed by atoms with van der Waals surface area (Å²) in [5.41, 5.74) is 3.11. The van der Waals surface area contributed by atoms with Crippen molar-refractivity contribution in [2.75, 3.05) is 6.54 Å². The standard InChI is InChI=1S/C21H28N2O5/c1-13(2)10-17(21(27)28)23-20(26)12-22-19(25)9-8-18(24)16-7-6-14-4-3-5-15(14)11-16/h6-7,11,13,17H,3-5,8-10,12H2,1-2H3,(H,22,25)(H,23,26)(H,27,28)/t17-/m0/s1. The van der Waals surface area contributed by atoms with Gasteiger partial charge in [0.15, 0.2) is 5.78 Å². The molecular formula is C21H28N2O5. The number of carboxylic acids is 1. The zero-order valence-electron chi connectivity index (χ0n) is 16.4. The third-order valence-corrected chi connectivity index (χ3v) is 4.79. The second kappa shape index (κ2) is 10.0. The molecule has 152 valence electrons. The fourth-order valence-electron chi connectivity index (χ4n) is 3.32. The minimum absolute atomic E-state index is 0.0163. The van der Waals surface area contributed by atoms with E-state index in [2.05, 4.69) is 10.6 Å². The van der Waals surface area contributed by atoms with E-state index in [1.54, 1.807) is 6.07 Å². The molecule has 1 aromatic carbocycles. The molecule has 1 aromatic rings. The number of aryl methyl sites for hydroxylation is 2. The van der Waals surface area contributed by atoms with Crippen molar-refractivity contribution in [2.45, 2.75) is 58.4 Å². The van der Waals surface area contributed by atoms with Crippen molar-refractivity contribution >= 4 is 23.6 Å². The van der Waals surface area contributed by atoms with Crippen LogP contribution in [-0.4, -0.2) is 41.3 Å². The number of fused-ring (bicyclic) bond motifs is 1. The molecule has 1 aliphatic carbocycles. The van der Waals surface area contributed by atoms with E-state index in [9.17, 15) is 19.2 Å². The zero-order valence-corrected chi connectivity index (χ0v) is 16.4. The largest absolute Gasteiger partial charge is 0.480 e. The first-order valence-electron chi connectivity index (χ1n) is 9.70. The molecule has 0 saturated carbocycles. The van der Waals surface area contributed by atoms with E-state index < -0.39 is 23.8 Å². The lowest BCUT2D eigenvalue weighted by Gasteiger charge is -2.16. The van der Waals surface area contributed by atoms with Gasteiger partial charge in [0.2, 0.25) is 11.8 Å². The van der Waals surface area contributed by atoms with Gasteiger partial charge in [0, 0.05) is 18.4 Å². The van der Waals surface area contributed by atoms with Gasteiger partial charge in [-0.3, -0.25) is 14.4 Å². The molecule has 28 heavy (non-hydrogen) atoms. The average molecular weight is 388 g/mol. The molecular weight excluding hydrogens is 360 g/mol. The van der Waals surface area contributed by atoms with Gasteiger partial charge in [0.05, 0.1) is 6.54 Å². The maximum absolute atomic E-state index is 12.3. The van der Waals surface area contributed by atoms with Gasteiger partial charge in [-0.25, -0.2) is 4.79 Å². The lowest BCUT2D eigenvalue weighted by Crippen LogP contribution is -2.46. The topological polar surface area (TPSA) is 113 Å². The summed E-state index contributed by atoms with van der Waals surface area (Å²) in [6, 6.07) is 4.72. The van der Waals surface area contributed by atoms with Gasteiger partial charge >= 0.3 is 5.97 Å². The molecule has 2 rings (SSSR count). The number of amides is 2. The van der Waals surface area contributed by atoms with Crippen LogP contribution in [0.2, 0.25) is 0 Å². The lowest BCUT2D eigenvalue weighted by molar-refractivity contribution is -0.142. The number of ketones is 1. The molecule has 7 nitrogen and oxygen atoms in total. The van der Waals surface area contributed by atoms with Crippen LogP contribution in [0.25, 0.3) is 0 Å². The fraction of sp³-hybridized carbons (Fsp3) is 0.524. The number of hydrogen-bond donors (Lipinski definition) is 3. The molecule has 0 fully saturated rings. The first-order valence-corrected chi connectivity index (χ1v) is 9.70. The van der Waals surface area contributed by atoms with E-state index in [0.29, 0.717) is 12.0 Å². The van der Waals surface area contributed by atoms with Crippen LogP contribution in [0.4, 0.5) is 0 Å². The summed E-state index contributed by atoms with van der Waals surface area (Å²) in [4.78, 5) is 47.2. The molecule has 0 spiro atoms. The Hall–Kier alpha value is -2.70. The van der Waals surface area contributed by atoms with Gasteiger partial charge in [-0.15, -0.1) is 0 Å². The Kier molecular flexibility index (Phi) is 7.72. The molecule has 0 aliphatic heterocycles. The molecule has 0 saturated heterocycles. The Labute approximate surface area is 164 Å². The molecule has 0 radical (unpaired) electrons. The molecule has 7 heteroatoms. The maximum atomic E-state index is 12.3. The number of nitrogens with one attached hydrogen (secondary N) is 2. The van der Waals surface area contributed by atoms with Crippen LogP contribution in [0.5, 0.6) is 0 Å². The fourth-order valence-corrected chi connectivity index (χ4v) is 3.32. The summed E-state index contributed by atoms with van der Waals surface area (Å²) >= 11 is 0. The van der Waals surface area contributed by atoms with Gasteiger partial charge < -0.3 is 15.7 Å². The summed E-state index contributed by atoms with van der Waals surface area (Å²) in [6.07, 6.45) is 3.50. The van der Waals surface area contributed by atoms with E-state index >= 15 is 0 Å². The predicted molar refractivity (Wildman–Crippen MR) is 104 cm³/mol. The number of hydrogen-bond acceptors (Lipinski definition) is 4. The molecule has 0 aromatic heterocycles. The van der Waals surface area contributed by atoms with Crippen LogP contribution in [0.15, 0.2) is 18.2 Å². The van der Waals surface area contributed by atoms with Gasteiger partial charge in [-0.2, -0.15) is 0 Å². The first kappa shape index (κ1) is 21.6. The van der Waals surface area contributed by atoms with Gasteiger partial charge in [-0.1, -0.05) is 26.0 Å². The van der Waals surface area contributed by atoms with E-state index in [4.69, 9.17) is 5.11 Å². The van der Waals surface area contributed by atoms with E-state index in [0.717, 1.165) is 19.3 Å². The zero-order chi connectivity index (χ0) is 20.7. The van der Waals surface area contributed by atoms with Crippen LogP contribution in [0.3, 0.4) is 0 Å². The number of carboxylic acid groups (broad SMARTS) is 1. The Morgan fingerprint density at radius 3 is 2.43 bits per heavy atom. The van der Waals surface area contributed by atoms with Crippen molar-refractivity contribution in [3.8, 4) is 0 Å². The van der Waals surface area contributed by atoms with E-state index in [-0.39, 0.29) is 31.1 Å². The SMILES string of the molecule is CC(C)C[C@H](NC(=O)CNC(=O)CCC(=O)c1ccc2c(c1)CCC2)C(=O)O. The van der Waals surface area contributed by atoms with Crippen molar-refractivity contribution in [3.05, 3.63) is 34.9 Å². The summed E-state index contributed by atoms with van der Waals surface area (Å²) in [7, 11) is 0. The van der Waals surface area contributed by atoms with Crippen LogP contribution >= 0.6 is 0 Å². The number of benzene rings is 1. The van der Waals surface area contributed by atoms with Crippen molar-refractivity contribution in [1.82, 2.24) is 10.6 Å². The summed E-state index contributed by atoms with van der Waals surface area (Å²) < 4.78 is 0. The van der Waals surface area contributed by atoms with Crippen LogP contribution in [-0.2, 0) is 27.2 Å². The first-order chi connectivity index (χ1) is 13.3. The normalized spacial score (nSPS) is 13.7. The Balaban J connectivity index is 1.74. The molecule has 3 N–H and O–H groups in total. The smallest absolute Gasteiger partial charge is 0.326 e. The molecule has 0 bridgehead atoms. The van der Waals surface area contributed by atoms with Crippen LogP contribution < -0.4 is 10.6 Å². The molecule has 2 amide bonds. The molecule has 1 atom stereocenters. The molecule has 1 aliphatic rings. The summed E-state index contributed by atoms with van der Waals surface area (Å²) in [5.74, 6) is -2.07. The highest BCUT2D eigenvalue weighted by atomic mass is 16.4. The number of rotatable bonds is 10. The van der Waals surface area contributed by atoms with E-state index in [1.165, 1.54) is 11.1 Å². The second-order valence-corrected chi connectivity index (χ2v) is 7.62. The highest BCUT2D eigenvalue weighted by Crippen LogP contribution is 2.23. The van der Waals surface area contributed by atoms with Gasteiger partial charge in [-0.05, 0) is 48.8 Å². The Morgan fingerprint density at radius 1 is 1.04 bits per heavy atom. The number of aliphatic carboxylic acids is 1. The van der Waals surface area contributed by atoms with Crippen molar-refractivity contribution in [2.24, 2.45) is 5.92 Å². The highest BCUT2D eigenvalue weighted by molar-refractivity contribution is 5.98. The third-order valence-electron chi connectivity index (χ3n) is 4.79. The van der Waals surface area contributed by atoms with Crippen LogP contribution in [0.1, 0.15) is 61.0 Å². The van der Waals surface area contributed by atoms with Crippen molar-refractivity contribution in [3.63, 3.8) is 0 Å². The van der Waals surface area contributed by atoms with Crippen LogP contribution in [0, 0.1) is 5.92 Å². The third kappa shape index (κ3) is 6.48. The Bertz CT molecular complexity index is 757. The summed E-state index contributed by atoms with van der Waals surface area (Å²) in [6.45, 7) is 3.41. The minimum atomic E-state index is -1.10. The lowest BCUT2D eigenvalue weighted by atomic mass is 10.0. The minimum Gasteiger partial charge on any atom is -0.480 e. The maximum Gasteiger partial charge on any atom is 0.326 e. The Morgan fingerprint density at radius 2 is 1.75 bits per heavy atom. The van der Waals surface area contributed by atoms with Gasteiger partial charge in [0.25, 0.3) is 0 Å². The number of carbonyl (C=O) groups is 4. The van der Waals surface area contributed by atoms with E-state index in [1.807, 2.05) is 26.0 Å². The predicted octanol–water partition coefficient (Wildman–Crippen LogP) is 1.87. The van der Waals surface area contributed by atoms with Gasteiger partial charge in [0.1, 0.15) is 6.04 Å². The monoisotopic (exact) mass is 388 g/mol. The molecule has 0 unspecified atom stereocenters. The highest BCUT2D eigenvalue weighted by Gasteiger charge is 2.21. The van der Waals surface area contributed by atoms with Crippen molar-refractivity contribution < 1.29 is 24.3 Å². The number of Topliss-reactive ketones (excluding diaryl/α,β-unsaturated/α-hetero) is 1. The molecule has 0 heterocycles. The second-order valence-electron chi connectivity index (χ2n) is 7.62.